The number of hydrogen-bond donors (Lipinski definition) is 1. The normalized spacial score (nSPS) is 28.4. The second kappa shape index (κ2) is 7.39. The molecule has 3 rings (SSSR count). The molecule has 0 spiro atoms. The van der Waals surface area contributed by atoms with Crippen molar-refractivity contribution in [1.29, 1.82) is 0 Å². The van der Waals surface area contributed by atoms with Crippen molar-refractivity contribution in [2.24, 2.45) is 0 Å². The van der Waals surface area contributed by atoms with E-state index >= 15 is 0 Å². The van der Waals surface area contributed by atoms with Crippen molar-refractivity contribution in [1.82, 2.24) is 15.5 Å². The maximum atomic E-state index is 5.61. The van der Waals surface area contributed by atoms with E-state index in [1.807, 2.05) is 0 Å². The van der Waals surface area contributed by atoms with Crippen LogP contribution in [0.1, 0.15) is 94.7 Å². The van der Waals surface area contributed by atoms with E-state index < -0.39 is 0 Å². The van der Waals surface area contributed by atoms with E-state index in [9.17, 15) is 0 Å². The van der Waals surface area contributed by atoms with E-state index in [0.717, 1.165) is 18.3 Å². The zero-order chi connectivity index (χ0) is 14.5. The molecule has 21 heavy (non-hydrogen) atoms. The molecule has 4 nitrogen and oxygen atoms in total. The molecule has 1 aromatic heterocycles. The van der Waals surface area contributed by atoms with Crippen molar-refractivity contribution in [2.45, 2.75) is 89.0 Å². The molecule has 2 aliphatic rings. The first-order valence-corrected chi connectivity index (χ1v) is 8.93. The predicted octanol–water partition coefficient (Wildman–Crippen LogP) is 4.14. The van der Waals surface area contributed by atoms with Gasteiger partial charge < -0.3 is 9.84 Å². The molecule has 118 valence electrons. The summed E-state index contributed by atoms with van der Waals surface area (Å²) >= 11 is 0. The van der Waals surface area contributed by atoms with E-state index in [1.165, 1.54) is 64.2 Å². The van der Waals surface area contributed by atoms with Crippen LogP contribution in [-0.4, -0.2) is 22.7 Å². The molecule has 2 saturated carbocycles. The molecule has 1 N–H and O–H groups in total. The lowest BCUT2D eigenvalue weighted by molar-refractivity contribution is 0.283. The van der Waals surface area contributed by atoms with Crippen LogP contribution in [0.25, 0.3) is 0 Å². The summed E-state index contributed by atoms with van der Waals surface area (Å²) in [5.74, 6) is 2.93. The highest BCUT2D eigenvalue weighted by molar-refractivity contribution is 5.01. The van der Waals surface area contributed by atoms with Crippen molar-refractivity contribution in [3.8, 4) is 0 Å². The first kappa shape index (κ1) is 15.0. The summed E-state index contributed by atoms with van der Waals surface area (Å²) in [5, 5.41) is 7.86. The first-order chi connectivity index (χ1) is 10.4. The van der Waals surface area contributed by atoms with Gasteiger partial charge in [0.2, 0.25) is 5.89 Å². The van der Waals surface area contributed by atoms with Crippen molar-refractivity contribution in [3.05, 3.63) is 11.7 Å². The molecular weight excluding hydrogens is 262 g/mol. The van der Waals surface area contributed by atoms with Crippen LogP contribution in [0.15, 0.2) is 4.52 Å². The van der Waals surface area contributed by atoms with Gasteiger partial charge in [-0.25, -0.2) is 0 Å². The Morgan fingerprint density at radius 2 is 1.67 bits per heavy atom. The van der Waals surface area contributed by atoms with Crippen molar-refractivity contribution < 1.29 is 4.52 Å². The van der Waals surface area contributed by atoms with E-state index in [0.29, 0.717) is 17.9 Å². The van der Waals surface area contributed by atoms with Crippen LogP contribution in [0, 0.1) is 0 Å². The molecule has 0 atom stereocenters. The molecule has 1 aromatic rings. The van der Waals surface area contributed by atoms with Crippen LogP contribution >= 0.6 is 0 Å². The maximum Gasteiger partial charge on any atom is 0.229 e. The minimum atomic E-state index is 0.493. The SMILES string of the molecule is CCNC1CCC(c2nc(C3CCCCCC3)no2)CC1. The van der Waals surface area contributed by atoms with Gasteiger partial charge in [-0.3, -0.25) is 0 Å². The van der Waals surface area contributed by atoms with Gasteiger partial charge in [-0.05, 0) is 45.1 Å². The van der Waals surface area contributed by atoms with E-state index in [-0.39, 0.29) is 0 Å². The molecule has 0 saturated heterocycles. The third-order valence-corrected chi connectivity index (χ3v) is 5.25. The monoisotopic (exact) mass is 291 g/mol. The molecule has 0 unspecified atom stereocenters. The van der Waals surface area contributed by atoms with Crippen LogP contribution in [0.2, 0.25) is 0 Å². The Bertz CT molecular complexity index is 415. The molecule has 0 bridgehead atoms. The molecule has 0 aromatic carbocycles. The third kappa shape index (κ3) is 3.85. The Morgan fingerprint density at radius 3 is 2.33 bits per heavy atom. The average Bonchev–Trinajstić information content (AvgIpc) is 2.84. The highest BCUT2D eigenvalue weighted by atomic mass is 16.5. The summed E-state index contributed by atoms with van der Waals surface area (Å²) in [7, 11) is 0. The van der Waals surface area contributed by atoms with Crippen LogP contribution < -0.4 is 5.32 Å². The Kier molecular flexibility index (Phi) is 5.28. The van der Waals surface area contributed by atoms with Crippen LogP contribution in [0.4, 0.5) is 0 Å². The molecule has 2 fully saturated rings. The number of nitrogens with one attached hydrogen (secondary N) is 1. The fourth-order valence-corrected chi connectivity index (χ4v) is 3.95. The Balaban J connectivity index is 1.57. The standard InChI is InChI=1S/C17H29N3O/c1-2-18-15-11-9-14(10-12-15)17-19-16(20-21-17)13-7-5-3-4-6-8-13/h13-15,18H,2-12H2,1H3. The van der Waals surface area contributed by atoms with Crippen LogP contribution in [0.5, 0.6) is 0 Å². The highest BCUT2D eigenvalue weighted by Gasteiger charge is 2.27. The summed E-state index contributed by atoms with van der Waals surface area (Å²) in [6, 6.07) is 0.690. The highest BCUT2D eigenvalue weighted by Crippen LogP contribution is 2.34. The number of nitrogens with zero attached hydrogens (tertiary/aromatic N) is 2. The Hall–Kier alpha value is -0.900. The van der Waals surface area contributed by atoms with Gasteiger partial charge in [0.05, 0.1) is 0 Å². The first-order valence-electron chi connectivity index (χ1n) is 8.93. The van der Waals surface area contributed by atoms with E-state index in [4.69, 9.17) is 9.51 Å². The summed E-state index contributed by atoms with van der Waals surface area (Å²) < 4.78 is 5.61. The molecular formula is C17H29N3O. The lowest BCUT2D eigenvalue weighted by Gasteiger charge is -2.26. The topological polar surface area (TPSA) is 51.0 Å². The van der Waals surface area contributed by atoms with Crippen molar-refractivity contribution >= 4 is 0 Å². The second-order valence-electron chi connectivity index (χ2n) is 6.79. The maximum absolute atomic E-state index is 5.61. The summed E-state index contributed by atoms with van der Waals surface area (Å²) in [5.41, 5.74) is 0. The smallest absolute Gasteiger partial charge is 0.229 e. The van der Waals surface area contributed by atoms with Gasteiger partial charge in [-0.15, -0.1) is 0 Å². The lowest BCUT2D eigenvalue weighted by atomic mass is 9.86. The van der Waals surface area contributed by atoms with E-state index in [2.05, 4.69) is 17.4 Å². The average molecular weight is 291 g/mol. The lowest BCUT2D eigenvalue weighted by Crippen LogP contribution is -2.32. The largest absolute Gasteiger partial charge is 0.339 e. The van der Waals surface area contributed by atoms with Gasteiger partial charge in [0.15, 0.2) is 5.82 Å². The van der Waals surface area contributed by atoms with Gasteiger partial charge in [0.1, 0.15) is 0 Å². The number of hydrogen-bond acceptors (Lipinski definition) is 4. The third-order valence-electron chi connectivity index (χ3n) is 5.25. The summed E-state index contributed by atoms with van der Waals surface area (Å²) in [4.78, 5) is 4.77. The molecule has 4 heteroatoms. The molecule has 0 radical (unpaired) electrons. The van der Waals surface area contributed by atoms with Crippen LogP contribution in [0.3, 0.4) is 0 Å². The van der Waals surface area contributed by atoms with Gasteiger partial charge in [0, 0.05) is 17.9 Å². The van der Waals surface area contributed by atoms with Gasteiger partial charge >= 0.3 is 0 Å². The minimum absolute atomic E-state index is 0.493. The Morgan fingerprint density at radius 1 is 0.952 bits per heavy atom. The fourth-order valence-electron chi connectivity index (χ4n) is 3.95. The second-order valence-corrected chi connectivity index (χ2v) is 6.79. The minimum Gasteiger partial charge on any atom is -0.339 e. The fraction of sp³-hybridized carbons (Fsp3) is 0.882. The number of rotatable bonds is 4. The van der Waals surface area contributed by atoms with Crippen molar-refractivity contribution in [3.63, 3.8) is 0 Å². The molecule has 0 aliphatic heterocycles. The van der Waals surface area contributed by atoms with Gasteiger partial charge in [-0.1, -0.05) is 37.8 Å². The van der Waals surface area contributed by atoms with Gasteiger partial charge in [0.25, 0.3) is 0 Å². The van der Waals surface area contributed by atoms with E-state index in [1.54, 1.807) is 0 Å². The predicted molar refractivity (Wildman–Crippen MR) is 83.4 cm³/mol. The van der Waals surface area contributed by atoms with Crippen molar-refractivity contribution in [2.75, 3.05) is 6.54 Å². The Labute approximate surface area is 128 Å². The molecule has 0 amide bonds. The zero-order valence-corrected chi connectivity index (χ0v) is 13.3. The summed E-state index contributed by atoms with van der Waals surface area (Å²) in [6.45, 7) is 3.25. The molecule has 2 aliphatic carbocycles. The van der Waals surface area contributed by atoms with Gasteiger partial charge in [-0.2, -0.15) is 4.98 Å². The molecule has 1 heterocycles. The zero-order valence-electron chi connectivity index (χ0n) is 13.3. The summed E-state index contributed by atoms with van der Waals surface area (Å²) in [6.07, 6.45) is 12.7. The van der Waals surface area contributed by atoms with Crippen LogP contribution in [-0.2, 0) is 0 Å². The number of aromatic nitrogens is 2. The quantitative estimate of drug-likeness (QED) is 0.847.